The number of hydrogen-bond donors (Lipinski definition) is 0. The molecule has 0 spiro atoms. The Kier molecular flexibility index (Phi) is 14500000. The minimum Gasteiger partial charge on any atom is -0.412 e. The van der Waals surface area contributed by atoms with E-state index < -0.39 is 0 Å². The van der Waals surface area contributed by atoms with E-state index in [-0.39, 0.29) is 61.2 Å². The molecule has 0 rings (SSSR count). The first-order chi connectivity index (χ1) is 0. The van der Waals surface area contributed by atoms with Crippen LogP contribution in [-0.4, -0.2) is 61.2 Å². The third-order valence-corrected chi connectivity index (χ3v) is 0. The Morgan fingerprint density at radius 2 is 0.222 bits per heavy atom. The van der Waals surface area contributed by atoms with Crippen LogP contribution in [0.2, 0.25) is 0 Å². The lowest BCUT2D eigenvalue weighted by molar-refractivity contribution is 0.823. The van der Waals surface area contributed by atoms with Crippen molar-refractivity contribution in [2.45, 2.75) is 0 Å². The highest BCUT2D eigenvalue weighted by molar-refractivity contribution is 5.75. The van der Waals surface area contributed by atoms with E-state index >= 15 is 0 Å². The van der Waals surface area contributed by atoms with Gasteiger partial charge in [0.15, 0.2) is 0 Å². The highest BCUT2D eigenvalue weighted by Crippen LogP contribution is -0.282. The fourth-order valence-electron chi connectivity index (χ4n) is 0. The third kappa shape index (κ3) is 7020. The summed E-state index contributed by atoms with van der Waals surface area (Å²) in [6.45, 7) is 0. The second kappa shape index (κ2) is 9460. The molecule has 0 aliphatic rings. The van der Waals surface area contributed by atoms with Crippen LogP contribution >= 0.6 is 0 Å². The minimum absolute atomic E-state index is 0. The van der Waals surface area contributed by atoms with Crippen molar-refractivity contribution in [1.82, 2.24) is 0 Å². The van der Waals surface area contributed by atoms with Gasteiger partial charge in [-0.2, -0.15) is 0 Å². The van der Waals surface area contributed by atoms with Gasteiger partial charge in [0.1, 0.15) is 0 Å². The summed E-state index contributed by atoms with van der Waals surface area (Å²) in [5, 5.41) is 0. The normalized spacial score (nSPS) is 0. The second-order valence-electron chi connectivity index (χ2n) is 0. The van der Waals surface area contributed by atoms with Crippen LogP contribution < -0.4 is 0 Å². The molecule has 0 unspecified atom stereocenters. The number of rotatable bonds is 0. The maximum atomic E-state index is 0. The topological polar surface area (TPSA) is 252 Å². The molecule has 67 valence electrons. The summed E-state index contributed by atoms with van der Waals surface area (Å²) in [4.78, 5) is 0. The van der Waals surface area contributed by atoms with Crippen molar-refractivity contribution in [2.75, 3.05) is 0 Å². The summed E-state index contributed by atoms with van der Waals surface area (Å²) in [5.41, 5.74) is 0. The average molecular weight is 171 g/mol. The van der Waals surface area contributed by atoms with E-state index in [1.165, 1.54) is 0 Å². The summed E-state index contributed by atoms with van der Waals surface area (Å²) in [7, 11) is 0. The minimum atomic E-state index is 0. The molecule has 0 aliphatic carbocycles. The molecular formula is H16AlO8. The summed E-state index contributed by atoms with van der Waals surface area (Å²) in [6, 6.07) is 0. The van der Waals surface area contributed by atoms with Gasteiger partial charge < -0.3 is 43.8 Å². The number of hydrogen-bond acceptors (Lipinski definition) is 0. The molecule has 0 fully saturated rings. The maximum absolute atomic E-state index is 0. The molecule has 3 radical (unpaired) electrons. The van der Waals surface area contributed by atoms with Gasteiger partial charge >= 0.3 is 0 Å². The monoisotopic (exact) mass is 171 g/mol. The summed E-state index contributed by atoms with van der Waals surface area (Å²) < 4.78 is 0. The van der Waals surface area contributed by atoms with Crippen LogP contribution in [0.1, 0.15) is 0 Å². The zero-order valence-electron chi connectivity index (χ0n) is 4.58. The summed E-state index contributed by atoms with van der Waals surface area (Å²) >= 11 is 0. The predicted molar refractivity (Wildman–Crippen MR) is 34.7 cm³/mol. The molecule has 0 aromatic rings. The van der Waals surface area contributed by atoms with Crippen LogP contribution in [0.3, 0.4) is 0 Å². The van der Waals surface area contributed by atoms with Crippen molar-refractivity contribution < 1.29 is 43.8 Å². The SMILES string of the molecule is O.O.O.O.O.O.O.O.[Al]. The maximum Gasteiger partial charge on any atom is 0 e. The van der Waals surface area contributed by atoms with E-state index in [1.807, 2.05) is 0 Å². The Bertz CT molecular complexity index is 4.53. The zero-order valence-corrected chi connectivity index (χ0v) is 5.73. The van der Waals surface area contributed by atoms with Crippen molar-refractivity contribution >= 4 is 17.4 Å². The molecule has 0 aliphatic heterocycles. The molecule has 0 saturated carbocycles. The lowest BCUT2D eigenvalue weighted by Crippen LogP contribution is -0.381. The highest BCUT2D eigenvalue weighted by atomic mass is 27.0. The second-order valence-corrected chi connectivity index (χ2v) is 0. The molecule has 0 saturated heterocycles. The molecule has 0 aromatic heterocycles. The van der Waals surface area contributed by atoms with E-state index in [2.05, 4.69) is 0 Å². The van der Waals surface area contributed by atoms with E-state index in [1.54, 1.807) is 0 Å². The van der Waals surface area contributed by atoms with Gasteiger partial charge in [0.2, 0.25) is 0 Å². The molecule has 0 bridgehead atoms. The van der Waals surface area contributed by atoms with Crippen LogP contribution in [0.15, 0.2) is 0 Å². The fraction of sp³-hybridized carbons (Fsp3) is 0. The molecule has 0 amide bonds. The van der Waals surface area contributed by atoms with E-state index in [4.69, 9.17) is 0 Å². The van der Waals surface area contributed by atoms with Crippen molar-refractivity contribution in [1.29, 1.82) is 0 Å². The summed E-state index contributed by atoms with van der Waals surface area (Å²) in [5.74, 6) is 0. The van der Waals surface area contributed by atoms with Gasteiger partial charge in [-0.25, -0.2) is 0 Å². The highest BCUT2D eigenvalue weighted by Gasteiger charge is 0.0000198. The Morgan fingerprint density at radius 3 is 0.222 bits per heavy atom. The average Bonchev–Trinajstić information content (AvgIpc) is 0. The van der Waals surface area contributed by atoms with Crippen LogP contribution in [0.4, 0.5) is 0 Å². The van der Waals surface area contributed by atoms with Gasteiger partial charge in [0.05, 0.1) is 0 Å². The molecule has 0 aromatic carbocycles. The molecule has 0 heterocycles. The predicted octanol–water partition coefficient (Wildman–Crippen LogP) is -6.98. The van der Waals surface area contributed by atoms with Crippen molar-refractivity contribution in [3.63, 3.8) is 0 Å². The Hall–Kier alpha value is 0.212. The van der Waals surface area contributed by atoms with Gasteiger partial charge in [-0.05, 0) is 0 Å². The smallest absolute Gasteiger partial charge is 0 e. The van der Waals surface area contributed by atoms with E-state index in [0.29, 0.717) is 0 Å². The largest absolute Gasteiger partial charge is 0.412 e. The van der Waals surface area contributed by atoms with Gasteiger partial charge in [-0.15, -0.1) is 0 Å². The first-order valence-corrected chi connectivity index (χ1v) is 0. The zero-order chi connectivity index (χ0) is 0. The standard InChI is InChI=1S/Al.8H2O/h;8*1H2. The first kappa shape index (κ1) is 13800. The Labute approximate surface area is 62.1 Å². The van der Waals surface area contributed by atoms with Crippen molar-refractivity contribution in [3.05, 3.63) is 0 Å². The lowest BCUT2D eigenvalue weighted by Gasteiger charge is -0.413. The van der Waals surface area contributed by atoms with Crippen LogP contribution in [0.25, 0.3) is 0 Å². The van der Waals surface area contributed by atoms with E-state index in [9.17, 15) is 0 Å². The van der Waals surface area contributed by atoms with E-state index in [0.717, 1.165) is 0 Å². The third-order valence-electron chi connectivity index (χ3n) is 0. The van der Waals surface area contributed by atoms with Crippen molar-refractivity contribution in [2.24, 2.45) is 0 Å². The molecular weight excluding hydrogens is 155 g/mol. The Morgan fingerprint density at radius 1 is 0.222 bits per heavy atom. The van der Waals surface area contributed by atoms with Crippen LogP contribution in [0.5, 0.6) is 0 Å². The van der Waals surface area contributed by atoms with Gasteiger partial charge in [-0.1, -0.05) is 0 Å². The first-order valence-electron chi connectivity index (χ1n) is 0. The molecule has 9 heteroatoms. The fourth-order valence-corrected chi connectivity index (χ4v) is 0. The molecule has 0 atom stereocenters. The summed E-state index contributed by atoms with van der Waals surface area (Å²) in [6.07, 6.45) is 0. The van der Waals surface area contributed by atoms with Crippen molar-refractivity contribution in [3.8, 4) is 0 Å². The molecule has 8 nitrogen and oxygen atoms in total. The lowest BCUT2D eigenvalue weighted by atomic mass is 16.0. The molecule has 16 N–H and O–H groups in total. The quantitative estimate of drug-likeness (QED) is 0.307. The Balaban J connectivity index is 0. The van der Waals surface area contributed by atoms with Crippen LogP contribution in [0, 0.1) is 0 Å². The van der Waals surface area contributed by atoms with Gasteiger partial charge in [0.25, 0.3) is 0 Å². The van der Waals surface area contributed by atoms with Gasteiger partial charge in [0, 0.05) is 17.4 Å². The van der Waals surface area contributed by atoms with Crippen LogP contribution in [-0.2, 0) is 0 Å². The van der Waals surface area contributed by atoms with Gasteiger partial charge in [-0.3, -0.25) is 0 Å². The molecule has 9 heavy (non-hydrogen) atoms.